The molecular formula is C56H34N4O2. The third kappa shape index (κ3) is 5.44. The van der Waals surface area contributed by atoms with E-state index in [0.29, 0.717) is 11.8 Å². The molecule has 9 aromatic carbocycles. The Labute approximate surface area is 355 Å². The third-order valence-electron chi connectivity index (χ3n) is 12.2. The van der Waals surface area contributed by atoms with E-state index in [4.69, 9.17) is 18.8 Å². The predicted octanol–water partition coefficient (Wildman–Crippen LogP) is 14.8. The lowest BCUT2D eigenvalue weighted by Crippen LogP contribution is -1.97. The summed E-state index contributed by atoms with van der Waals surface area (Å²) in [5, 5.41) is 4.59. The molecule has 290 valence electrons. The summed E-state index contributed by atoms with van der Waals surface area (Å²) in [4.78, 5) is 9.69. The maximum atomic E-state index is 6.25. The van der Waals surface area contributed by atoms with Crippen LogP contribution >= 0.6 is 0 Å². The molecule has 0 bridgehead atoms. The lowest BCUT2D eigenvalue weighted by Gasteiger charge is -2.12. The molecular weight excluding hydrogens is 761 g/mol. The predicted molar refractivity (Wildman–Crippen MR) is 252 cm³/mol. The molecule has 0 saturated heterocycles. The number of hydrogen-bond donors (Lipinski definition) is 0. The van der Waals surface area contributed by atoms with E-state index in [9.17, 15) is 0 Å². The average molecular weight is 795 g/mol. The van der Waals surface area contributed by atoms with E-state index >= 15 is 0 Å². The van der Waals surface area contributed by atoms with E-state index in [2.05, 4.69) is 167 Å². The van der Waals surface area contributed by atoms with Crippen molar-refractivity contribution in [2.45, 2.75) is 0 Å². The number of benzene rings is 9. The molecule has 6 heteroatoms. The Bertz CT molecular complexity index is 3530. The zero-order valence-electron chi connectivity index (χ0n) is 33.2. The van der Waals surface area contributed by atoms with Gasteiger partial charge in [0.1, 0.15) is 11.0 Å². The maximum absolute atomic E-state index is 6.25. The Hall–Kier alpha value is -8.48. The molecule has 0 unspecified atom stereocenters. The van der Waals surface area contributed by atoms with E-state index < -0.39 is 0 Å². The van der Waals surface area contributed by atoms with Crippen LogP contribution in [0, 0.1) is 0 Å². The molecule has 0 radical (unpaired) electrons. The smallest absolute Gasteiger partial charge is 0.227 e. The van der Waals surface area contributed by atoms with Gasteiger partial charge in [-0.05, 0) is 131 Å². The minimum absolute atomic E-state index is 0.612. The van der Waals surface area contributed by atoms with Gasteiger partial charge in [-0.1, -0.05) is 97.1 Å². The Morgan fingerprint density at radius 1 is 0.290 bits per heavy atom. The van der Waals surface area contributed by atoms with Crippen LogP contribution in [0.15, 0.2) is 215 Å². The molecule has 13 rings (SSSR count). The maximum Gasteiger partial charge on any atom is 0.227 e. The summed E-state index contributed by atoms with van der Waals surface area (Å²) in [5.74, 6) is 1.22. The van der Waals surface area contributed by atoms with Gasteiger partial charge in [0.25, 0.3) is 0 Å². The van der Waals surface area contributed by atoms with Crippen LogP contribution < -0.4 is 0 Å². The third-order valence-corrected chi connectivity index (χ3v) is 12.2. The second-order valence-electron chi connectivity index (χ2n) is 15.8. The molecule has 0 atom stereocenters. The molecule has 0 aliphatic heterocycles. The first-order valence-electron chi connectivity index (χ1n) is 20.8. The SMILES string of the molecule is c1ccc(-c2ccc3c(c2)c2cc(-c4nc5ccccc5o4)ccc2n3-c2ccc(-n3c4ccc(-c5ccccc5)cc4c4cc(-c5nc6ccccc6o5)ccc43)cc2)cc1. The fourth-order valence-electron chi connectivity index (χ4n) is 9.23. The molecule has 0 aliphatic rings. The van der Waals surface area contributed by atoms with Crippen molar-refractivity contribution < 1.29 is 8.83 Å². The summed E-state index contributed by atoms with van der Waals surface area (Å²) >= 11 is 0. The fourth-order valence-corrected chi connectivity index (χ4v) is 9.23. The van der Waals surface area contributed by atoms with E-state index in [1.54, 1.807) is 0 Å². The molecule has 0 saturated carbocycles. The van der Waals surface area contributed by atoms with Gasteiger partial charge in [0, 0.05) is 44.0 Å². The number of aromatic nitrogens is 4. The standard InChI is InChI=1S/C56H34N4O2/c1-3-11-35(12-4-1)37-19-27-49-43(31-37)45-33-39(55-57-47-15-7-9-17-53(47)61-55)21-29-51(45)59(49)41-23-25-42(26-24-41)60-50-28-20-38(36-13-5-2-6-14-36)32-44(50)46-34-40(22-30-52(46)60)56-58-48-16-8-10-18-54(48)62-56/h1-34H. The highest BCUT2D eigenvalue weighted by atomic mass is 16.4. The van der Waals surface area contributed by atoms with Crippen LogP contribution in [0.5, 0.6) is 0 Å². The number of hydrogen-bond acceptors (Lipinski definition) is 4. The van der Waals surface area contributed by atoms with Crippen molar-refractivity contribution in [2.24, 2.45) is 0 Å². The first-order chi connectivity index (χ1) is 30.7. The Kier molecular flexibility index (Phi) is 7.50. The highest BCUT2D eigenvalue weighted by Gasteiger charge is 2.19. The van der Waals surface area contributed by atoms with Gasteiger partial charge in [-0.3, -0.25) is 0 Å². The first kappa shape index (κ1) is 34.4. The molecule has 0 aliphatic carbocycles. The Morgan fingerprint density at radius 3 is 1.02 bits per heavy atom. The largest absolute Gasteiger partial charge is 0.436 e. The Morgan fingerprint density at radius 2 is 0.629 bits per heavy atom. The van der Waals surface area contributed by atoms with Crippen LogP contribution in [0.1, 0.15) is 0 Å². The van der Waals surface area contributed by atoms with Crippen LogP contribution in [-0.4, -0.2) is 19.1 Å². The minimum Gasteiger partial charge on any atom is -0.436 e. The molecule has 4 aromatic heterocycles. The molecule has 0 spiro atoms. The van der Waals surface area contributed by atoms with Gasteiger partial charge in [0.2, 0.25) is 11.8 Å². The van der Waals surface area contributed by atoms with Crippen molar-refractivity contribution in [3.8, 4) is 56.5 Å². The molecule has 62 heavy (non-hydrogen) atoms. The van der Waals surface area contributed by atoms with Gasteiger partial charge >= 0.3 is 0 Å². The summed E-state index contributed by atoms with van der Waals surface area (Å²) in [7, 11) is 0. The van der Waals surface area contributed by atoms with Gasteiger partial charge in [0.15, 0.2) is 11.2 Å². The molecule has 6 nitrogen and oxygen atoms in total. The number of para-hydroxylation sites is 4. The van der Waals surface area contributed by atoms with Gasteiger partial charge < -0.3 is 18.0 Å². The van der Waals surface area contributed by atoms with Crippen molar-refractivity contribution in [1.29, 1.82) is 0 Å². The second-order valence-corrected chi connectivity index (χ2v) is 15.8. The Balaban J connectivity index is 0.972. The highest BCUT2D eigenvalue weighted by molar-refractivity contribution is 6.13. The van der Waals surface area contributed by atoms with Gasteiger partial charge in [-0.15, -0.1) is 0 Å². The van der Waals surface area contributed by atoms with Crippen molar-refractivity contribution in [1.82, 2.24) is 19.1 Å². The van der Waals surface area contributed by atoms with E-state index in [-0.39, 0.29) is 0 Å². The number of oxazole rings is 2. The number of rotatable bonds is 6. The van der Waals surface area contributed by atoms with Crippen molar-refractivity contribution >= 4 is 65.8 Å². The summed E-state index contributed by atoms with van der Waals surface area (Å²) in [6.07, 6.45) is 0. The molecule has 4 heterocycles. The second kappa shape index (κ2) is 13.5. The lowest BCUT2D eigenvalue weighted by atomic mass is 10.0. The van der Waals surface area contributed by atoms with Crippen LogP contribution in [0.4, 0.5) is 0 Å². The van der Waals surface area contributed by atoms with E-state index in [1.807, 2.05) is 48.5 Å². The highest BCUT2D eigenvalue weighted by Crippen LogP contribution is 2.40. The summed E-state index contributed by atoms with van der Waals surface area (Å²) < 4.78 is 17.2. The van der Waals surface area contributed by atoms with Gasteiger partial charge in [-0.25, -0.2) is 9.97 Å². The van der Waals surface area contributed by atoms with Gasteiger partial charge in [0.05, 0.1) is 22.1 Å². The van der Waals surface area contributed by atoms with E-state index in [0.717, 1.165) is 88.3 Å². The fraction of sp³-hybridized carbons (Fsp3) is 0. The molecule has 0 amide bonds. The summed E-state index contributed by atoms with van der Waals surface area (Å²) in [6, 6.07) is 72.5. The molecule has 13 aromatic rings. The van der Waals surface area contributed by atoms with E-state index in [1.165, 1.54) is 22.3 Å². The van der Waals surface area contributed by atoms with Crippen LogP contribution in [0.25, 0.3) is 122 Å². The van der Waals surface area contributed by atoms with Crippen LogP contribution in [-0.2, 0) is 0 Å². The monoisotopic (exact) mass is 794 g/mol. The average Bonchev–Trinajstić information content (AvgIpc) is 4.12. The molecule has 0 N–H and O–H groups in total. The van der Waals surface area contributed by atoms with Gasteiger partial charge in [-0.2, -0.15) is 0 Å². The van der Waals surface area contributed by atoms with Crippen LogP contribution in [0.3, 0.4) is 0 Å². The molecule has 0 fully saturated rings. The van der Waals surface area contributed by atoms with Crippen LogP contribution in [0.2, 0.25) is 0 Å². The minimum atomic E-state index is 0.612. The van der Waals surface area contributed by atoms with Crippen molar-refractivity contribution in [3.05, 3.63) is 206 Å². The summed E-state index contributed by atoms with van der Waals surface area (Å²) in [5.41, 5.74) is 16.4. The quantitative estimate of drug-likeness (QED) is 0.168. The van der Waals surface area contributed by atoms with Crippen molar-refractivity contribution in [2.75, 3.05) is 0 Å². The zero-order valence-corrected chi connectivity index (χ0v) is 33.2. The lowest BCUT2D eigenvalue weighted by molar-refractivity contribution is 0.619. The number of nitrogens with zero attached hydrogens (tertiary/aromatic N) is 4. The zero-order chi connectivity index (χ0) is 40.7. The van der Waals surface area contributed by atoms with Crippen molar-refractivity contribution in [3.63, 3.8) is 0 Å². The number of fused-ring (bicyclic) bond motifs is 8. The topological polar surface area (TPSA) is 61.9 Å². The first-order valence-corrected chi connectivity index (χ1v) is 20.8. The summed E-state index contributed by atoms with van der Waals surface area (Å²) in [6.45, 7) is 0. The normalized spacial score (nSPS) is 11.9.